The standard InChI is InChI=1S/C33H58O3/c1-3-5-7-9-11-12-13-14-16-18-20-26-31(34)27-23-29-33(35)36-32-28-22-21-25-30(32)24-19-17-15-10-8-6-4-2/h21-22,25,28,31,34H,3-20,23-24,26-27,29H2,1-2H3. The molecule has 0 saturated carbocycles. The quantitative estimate of drug-likeness (QED) is 0.0821. The van der Waals surface area contributed by atoms with Crippen LogP contribution < -0.4 is 4.74 Å². The van der Waals surface area contributed by atoms with Crippen molar-refractivity contribution in [2.75, 3.05) is 0 Å². The topological polar surface area (TPSA) is 46.5 Å². The second kappa shape index (κ2) is 24.0. The first-order valence-electron chi connectivity index (χ1n) is 15.6. The Balaban J connectivity index is 2.07. The summed E-state index contributed by atoms with van der Waals surface area (Å²) in [7, 11) is 0. The minimum atomic E-state index is -0.291. The highest BCUT2D eigenvalue weighted by molar-refractivity contribution is 5.72. The predicted octanol–water partition coefficient (Wildman–Crippen LogP) is 10.1. The molecule has 0 aliphatic rings. The summed E-state index contributed by atoms with van der Waals surface area (Å²) in [5.74, 6) is 0.541. The van der Waals surface area contributed by atoms with Crippen LogP contribution in [0.1, 0.15) is 161 Å². The van der Waals surface area contributed by atoms with E-state index in [1.165, 1.54) is 103 Å². The summed E-state index contributed by atoms with van der Waals surface area (Å²) >= 11 is 0. The van der Waals surface area contributed by atoms with Crippen LogP contribution in [-0.4, -0.2) is 17.2 Å². The molecule has 0 spiro atoms. The van der Waals surface area contributed by atoms with Crippen molar-refractivity contribution >= 4 is 5.97 Å². The molecule has 1 rings (SSSR count). The molecule has 0 heterocycles. The third-order valence-corrected chi connectivity index (χ3v) is 7.31. The van der Waals surface area contributed by atoms with Gasteiger partial charge >= 0.3 is 5.97 Å². The molecule has 1 aromatic carbocycles. The van der Waals surface area contributed by atoms with E-state index in [9.17, 15) is 9.90 Å². The zero-order valence-corrected chi connectivity index (χ0v) is 23.9. The number of rotatable bonds is 25. The Hall–Kier alpha value is -1.35. The van der Waals surface area contributed by atoms with E-state index in [0.29, 0.717) is 19.3 Å². The van der Waals surface area contributed by atoms with Gasteiger partial charge in [-0.2, -0.15) is 0 Å². The summed E-state index contributed by atoms with van der Waals surface area (Å²) in [5, 5.41) is 10.3. The summed E-state index contributed by atoms with van der Waals surface area (Å²) in [6.07, 6.45) is 26.8. The van der Waals surface area contributed by atoms with Crippen molar-refractivity contribution in [1.82, 2.24) is 0 Å². The van der Waals surface area contributed by atoms with Gasteiger partial charge in [0.15, 0.2) is 0 Å². The summed E-state index contributed by atoms with van der Waals surface area (Å²) in [4.78, 5) is 12.4. The van der Waals surface area contributed by atoms with Crippen LogP contribution in [0.15, 0.2) is 24.3 Å². The number of benzene rings is 1. The van der Waals surface area contributed by atoms with Crippen LogP contribution in [0.25, 0.3) is 0 Å². The summed E-state index contributed by atoms with van der Waals surface area (Å²) in [6.45, 7) is 4.52. The smallest absolute Gasteiger partial charge is 0.311 e. The van der Waals surface area contributed by atoms with Crippen LogP contribution >= 0.6 is 0 Å². The van der Waals surface area contributed by atoms with E-state index < -0.39 is 0 Å². The van der Waals surface area contributed by atoms with E-state index in [2.05, 4.69) is 19.9 Å². The van der Waals surface area contributed by atoms with Gasteiger partial charge in [-0.3, -0.25) is 4.79 Å². The molecule has 36 heavy (non-hydrogen) atoms. The lowest BCUT2D eigenvalue weighted by molar-refractivity contribution is -0.134. The second-order valence-corrected chi connectivity index (χ2v) is 10.8. The Labute approximate surface area is 223 Å². The normalized spacial score (nSPS) is 12.1. The van der Waals surface area contributed by atoms with Crippen molar-refractivity contribution in [3.8, 4) is 5.75 Å². The zero-order chi connectivity index (χ0) is 26.1. The molecule has 0 fully saturated rings. The summed E-state index contributed by atoms with van der Waals surface area (Å²) < 4.78 is 5.69. The van der Waals surface area contributed by atoms with Crippen molar-refractivity contribution in [3.63, 3.8) is 0 Å². The van der Waals surface area contributed by atoms with Gasteiger partial charge in [-0.25, -0.2) is 0 Å². The van der Waals surface area contributed by atoms with E-state index in [4.69, 9.17) is 4.74 Å². The Morgan fingerprint density at radius 2 is 1.14 bits per heavy atom. The first-order valence-corrected chi connectivity index (χ1v) is 15.6. The fraction of sp³-hybridized carbons (Fsp3) is 0.788. The SMILES string of the molecule is CCCCCCCCCCCCCC(O)CCCC(=O)Oc1ccccc1CCCCCCCCC. The van der Waals surface area contributed by atoms with Crippen LogP contribution in [0.3, 0.4) is 0 Å². The molecule has 0 amide bonds. The number of hydrogen-bond acceptors (Lipinski definition) is 3. The minimum Gasteiger partial charge on any atom is -0.426 e. The van der Waals surface area contributed by atoms with E-state index in [1.54, 1.807) is 0 Å². The Morgan fingerprint density at radius 1 is 0.667 bits per heavy atom. The number of unbranched alkanes of at least 4 members (excludes halogenated alkanes) is 16. The number of ether oxygens (including phenoxy) is 1. The highest BCUT2D eigenvalue weighted by Gasteiger charge is 2.11. The predicted molar refractivity (Wildman–Crippen MR) is 155 cm³/mol. The molecule has 0 saturated heterocycles. The molecule has 0 aliphatic carbocycles. The van der Waals surface area contributed by atoms with Gasteiger partial charge in [-0.05, 0) is 43.7 Å². The first-order chi connectivity index (χ1) is 17.7. The van der Waals surface area contributed by atoms with Crippen LogP contribution in [0.5, 0.6) is 5.75 Å². The van der Waals surface area contributed by atoms with Crippen molar-refractivity contribution < 1.29 is 14.6 Å². The van der Waals surface area contributed by atoms with Gasteiger partial charge in [0.25, 0.3) is 0 Å². The van der Waals surface area contributed by atoms with Crippen molar-refractivity contribution in [3.05, 3.63) is 29.8 Å². The first kappa shape index (κ1) is 32.7. The van der Waals surface area contributed by atoms with Crippen molar-refractivity contribution in [2.24, 2.45) is 0 Å². The van der Waals surface area contributed by atoms with Crippen LogP contribution in [0.4, 0.5) is 0 Å². The molecular weight excluding hydrogens is 444 g/mol. The molecule has 1 unspecified atom stereocenters. The molecule has 1 N–H and O–H groups in total. The molecule has 1 atom stereocenters. The molecule has 3 heteroatoms. The molecule has 1 aromatic rings. The Bertz CT molecular complexity index is 627. The fourth-order valence-electron chi connectivity index (χ4n) is 4.93. The maximum Gasteiger partial charge on any atom is 0.311 e. The van der Waals surface area contributed by atoms with Crippen LogP contribution in [0, 0.1) is 0 Å². The minimum absolute atomic E-state index is 0.177. The number of carbonyl (C=O) groups is 1. The maximum atomic E-state index is 12.4. The fourth-order valence-corrected chi connectivity index (χ4v) is 4.93. The molecule has 0 aliphatic heterocycles. The Morgan fingerprint density at radius 3 is 1.72 bits per heavy atom. The molecular formula is C33H58O3. The lowest BCUT2D eigenvalue weighted by Gasteiger charge is -2.12. The average Bonchev–Trinajstić information content (AvgIpc) is 2.87. The average molecular weight is 503 g/mol. The number of aliphatic hydroxyl groups is 1. The van der Waals surface area contributed by atoms with Gasteiger partial charge in [-0.1, -0.05) is 141 Å². The number of aryl methyl sites for hydroxylation is 1. The summed E-state index contributed by atoms with van der Waals surface area (Å²) in [5.41, 5.74) is 1.14. The lowest BCUT2D eigenvalue weighted by Crippen LogP contribution is -2.12. The van der Waals surface area contributed by atoms with E-state index in [1.807, 2.05) is 18.2 Å². The second-order valence-electron chi connectivity index (χ2n) is 10.8. The van der Waals surface area contributed by atoms with Gasteiger partial charge in [0.1, 0.15) is 5.75 Å². The lowest BCUT2D eigenvalue weighted by atomic mass is 10.0. The van der Waals surface area contributed by atoms with Gasteiger partial charge in [0, 0.05) is 6.42 Å². The number of esters is 1. The number of carbonyl (C=O) groups excluding carboxylic acids is 1. The monoisotopic (exact) mass is 502 g/mol. The number of aliphatic hydroxyl groups excluding tert-OH is 1. The molecule has 0 radical (unpaired) electrons. The highest BCUT2D eigenvalue weighted by Crippen LogP contribution is 2.22. The van der Waals surface area contributed by atoms with E-state index >= 15 is 0 Å². The van der Waals surface area contributed by atoms with Crippen molar-refractivity contribution in [1.29, 1.82) is 0 Å². The van der Waals surface area contributed by atoms with E-state index in [0.717, 1.165) is 37.0 Å². The largest absolute Gasteiger partial charge is 0.426 e. The van der Waals surface area contributed by atoms with Crippen molar-refractivity contribution in [2.45, 2.75) is 168 Å². The van der Waals surface area contributed by atoms with E-state index in [-0.39, 0.29) is 12.1 Å². The molecule has 3 nitrogen and oxygen atoms in total. The van der Waals surface area contributed by atoms with Crippen LogP contribution in [-0.2, 0) is 11.2 Å². The molecule has 0 bridgehead atoms. The highest BCUT2D eigenvalue weighted by atomic mass is 16.5. The maximum absolute atomic E-state index is 12.4. The zero-order valence-electron chi connectivity index (χ0n) is 23.9. The number of hydrogen-bond donors (Lipinski definition) is 1. The molecule has 208 valence electrons. The van der Waals surface area contributed by atoms with Gasteiger partial charge in [0.2, 0.25) is 0 Å². The third-order valence-electron chi connectivity index (χ3n) is 7.31. The van der Waals surface area contributed by atoms with Gasteiger partial charge in [-0.15, -0.1) is 0 Å². The number of para-hydroxylation sites is 1. The Kier molecular flexibility index (Phi) is 21.8. The van der Waals surface area contributed by atoms with Crippen LogP contribution in [0.2, 0.25) is 0 Å². The summed E-state index contributed by atoms with van der Waals surface area (Å²) in [6, 6.07) is 7.96. The molecule has 0 aromatic heterocycles. The third kappa shape index (κ3) is 18.9. The van der Waals surface area contributed by atoms with Gasteiger partial charge < -0.3 is 9.84 Å². The van der Waals surface area contributed by atoms with Gasteiger partial charge in [0.05, 0.1) is 6.10 Å².